The van der Waals surface area contributed by atoms with Crippen LogP contribution in [0.15, 0.2) is 24.3 Å². The van der Waals surface area contributed by atoms with E-state index in [4.69, 9.17) is 14.6 Å². The molecule has 7 heteroatoms. The summed E-state index contributed by atoms with van der Waals surface area (Å²) in [5.41, 5.74) is -1.15. The zero-order valence-electron chi connectivity index (χ0n) is 9.95. The van der Waals surface area contributed by atoms with Gasteiger partial charge in [0, 0.05) is 12.1 Å². The minimum atomic E-state index is -1.04. The maximum Gasteiger partial charge on any atom is 0.514 e. The number of carbonyl (C=O) groups is 1. The van der Waals surface area contributed by atoms with Crippen LogP contribution in [0.5, 0.6) is 5.75 Å². The molecule has 0 amide bonds. The highest BCUT2D eigenvalue weighted by molar-refractivity contribution is 5.64. The van der Waals surface area contributed by atoms with Crippen LogP contribution in [0.2, 0.25) is 0 Å². The molecule has 0 saturated carbocycles. The number of nitrogens with zero attached hydrogens (tertiary/aromatic N) is 1. The van der Waals surface area contributed by atoms with Gasteiger partial charge in [0.2, 0.25) is 0 Å². The van der Waals surface area contributed by atoms with Crippen LogP contribution in [-0.4, -0.2) is 28.4 Å². The third-order valence-electron chi connectivity index (χ3n) is 1.99. The second kappa shape index (κ2) is 5.46. The highest BCUT2D eigenvalue weighted by atomic mass is 16.7. The van der Waals surface area contributed by atoms with Crippen molar-refractivity contribution in [3.8, 4) is 5.75 Å². The van der Waals surface area contributed by atoms with Gasteiger partial charge in [-0.15, -0.1) is 0 Å². The van der Waals surface area contributed by atoms with E-state index in [1.165, 1.54) is 38.1 Å². The molecule has 0 aliphatic rings. The minimum Gasteiger partial charge on any atom is -0.426 e. The first-order valence-electron chi connectivity index (χ1n) is 5.10. The summed E-state index contributed by atoms with van der Waals surface area (Å²) in [6.07, 6.45) is -0.983. The lowest BCUT2D eigenvalue weighted by Gasteiger charge is -2.21. The molecule has 7 nitrogen and oxygen atoms in total. The number of nitro benzene ring substituents is 1. The molecule has 98 valence electrons. The molecule has 0 bridgehead atoms. The average molecular weight is 255 g/mol. The quantitative estimate of drug-likeness (QED) is 0.381. The molecule has 0 unspecified atom stereocenters. The van der Waals surface area contributed by atoms with Crippen molar-refractivity contribution in [2.45, 2.75) is 19.4 Å². The van der Waals surface area contributed by atoms with Crippen molar-refractivity contribution < 1.29 is 24.3 Å². The largest absolute Gasteiger partial charge is 0.514 e. The standard InChI is InChI=1S/C11H13NO6/c1-11(2,7-13)18-10(14)17-9-5-3-8(4-6-9)12(15)16/h3-6,13H,7H2,1-2H3. The summed E-state index contributed by atoms with van der Waals surface area (Å²) in [7, 11) is 0. The smallest absolute Gasteiger partial charge is 0.426 e. The molecule has 0 aliphatic heterocycles. The summed E-state index contributed by atoms with van der Waals surface area (Å²) in [6.45, 7) is 2.69. The second-order valence-electron chi connectivity index (χ2n) is 4.12. The van der Waals surface area contributed by atoms with Crippen molar-refractivity contribution in [2.75, 3.05) is 6.61 Å². The maximum absolute atomic E-state index is 11.3. The normalized spacial score (nSPS) is 10.8. The Morgan fingerprint density at radius 1 is 1.39 bits per heavy atom. The van der Waals surface area contributed by atoms with E-state index < -0.39 is 16.7 Å². The summed E-state index contributed by atoms with van der Waals surface area (Å²) < 4.78 is 9.62. The topological polar surface area (TPSA) is 98.9 Å². The Morgan fingerprint density at radius 3 is 2.39 bits per heavy atom. The van der Waals surface area contributed by atoms with E-state index in [0.717, 1.165) is 0 Å². The molecule has 0 saturated heterocycles. The first kappa shape index (κ1) is 13.9. The summed E-state index contributed by atoms with van der Waals surface area (Å²) in [5, 5.41) is 19.3. The Labute approximate surface area is 103 Å². The zero-order valence-corrected chi connectivity index (χ0v) is 9.95. The molecule has 1 aromatic carbocycles. The van der Waals surface area contributed by atoms with Crippen molar-refractivity contribution in [2.24, 2.45) is 0 Å². The van der Waals surface area contributed by atoms with E-state index in [-0.39, 0.29) is 18.0 Å². The number of rotatable bonds is 4. The van der Waals surface area contributed by atoms with E-state index in [1.807, 2.05) is 0 Å². The highest BCUT2D eigenvalue weighted by Crippen LogP contribution is 2.18. The molecule has 1 aromatic rings. The van der Waals surface area contributed by atoms with Gasteiger partial charge in [-0.05, 0) is 26.0 Å². The van der Waals surface area contributed by atoms with Crippen LogP contribution in [0.1, 0.15) is 13.8 Å². The predicted octanol–water partition coefficient (Wildman–Crippen LogP) is 1.88. The Bertz CT molecular complexity index is 439. The van der Waals surface area contributed by atoms with E-state index in [2.05, 4.69) is 0 Å². The number of aliphatic hydroxyl groups is 1. The van der Waals surface area contributed by atoms with Gasteiger partial charge in [-0.3, -0.25) is 10.1 Å². The Kier molecular flexibility index (Phi) is 4.22. The fraction of sp³-hybridized carbons (Fsp3) is 0.364. The third-order valence-corrected chi connectivity index (χ3v) is 1.99. The Morgan fingerprint density at radius 2 is 1.94 bits per heavy atom. The molecular formula is C11H13NO6. The number of benzene rings is 1. The van der Waals surface area contributed by atoms with Gasteiger partial charge in [-0.25, -0.2) is 4.79 Å². The van der Waals surface area contributed by atoms with Crippen LogP contribution in [-0.2, 0) is 4.74 Å². The first-order valence-corrected chi connectivity index (χ1v) is 5.10. The molecule has 0 aliphatic carbocycles. The van der Waals surface area contributed by atoms with E-state index in [1.54, 1.807) is 0 Å². The molecule has 0 spiro atoms. The van der Waals surface area contributed by atoms with Gasteiger partial charge >= 0.3 is 6.16 Å². The Balaban J connectivity index is 2.63. The monoisotopic (exact) mass is 255 g/mol. The minimum absolute atomic E-state index is 0.105. The molecule has 1 N–H and O–H groups in total. The zero-order chi connectivity index (χ0) is 13.8. The second-order valence-corrected chi connectivity index (χ2v) is 4.12. The van der Waals surface area contributed by atoms with Gasteiger partial charge in [-0.1, -0.05) is 0 Å². The summed E-state index contributed by atoms with van der Waals surface area (Å²) >= 11 is 0. The number of non-ortho nitro benzene ring substituents is 1. The molecule has 0 fully saturated rings. The van der Waals surface area contributed by atoms with Gasteiger partial charge in [0.25, 0.3) is 5.69 Å². The lowest BCUT2D eigenvalue weighted by atomic mass is 10.2. The van der Waals surface area contributed by atoms with Gasteiger partial charge < -0.3 is 14.6 Å². The third kappa shape index (κ3) is 4.02. The Hall–Kier alpha value is -2.15. The van der Waals surface area contributed by atoms with Crippen LogP contribution < -0.4 is 4.74 Å². The number of hydrogen-bond acceptors (Lipinski definition) is 6. The molecular weight excluding hydrogens is 242 g/mol. The fourth-order valence-electron chi connectivity index (χ4n) is 1.01. The van der Waals surface area contributed by atoms with Crippen LogP contribution >= 0.6 is 0 Å². The van der Waals surface area contributed by atoms with Crippen molar-refractivity contribution in [3.05, 3.63) is 34.4 Å². The van der Waals surface area contributed by atoms with Crippen LogP contribution in [0.3, 0.4) is 0 Å². The number of nitro groups is 1. The van der Waals surface area contributed by atoms with Crippen molar-refractivity contribution in [1.29, 1.82) is 0 Å². The molecule has 18 heavy (non-hydrogen) atoms. The van der Waals surface area contributed by atoms with Crippen molar-refractivity contribution in [1.82, 2.24) is 0 Å². The molecule has 1 rings (SSSR count). The lowest BCUT2D eigenvalue weighted by Crippen LogP contribution is -2.33. The number of hydrogen-bond donors (Lipinski definition) is 1. The van der Waals surface area contributed by atoms with Gasteiger partial charge in [-0.2, -0.15) is 0 Å². The number of ether oxygens (including phenoxy) is 2. The first-order chi connectivity index (χ1) is 8.34. The molecule has 0 atom stereocenters. The fourth-order valence-corrected chi connectivity index (χ4v) is 1.01. The van der Waals surface area contributed by atoms with Gasteiger partial charge in [0.1, 0.15) is 11.4 Å². The SMILES string of the molecule is CC(C)(CO)OC(=O)Oc1ccc([N+](=O)[O-])cc1. The van der Waals surface area contributed by atoms with Gasteiger partial charge in [0.15, 0.2) is 0 Å². The summed E-state index contributed by atoms with van der Waals surface area (Å²) in [5.74, 6) is 0.124. The van der Waals surface area contributed by atoms with Crippen LogP contribution in [0.4, 0.5) is 10.5 Å². The van der Waals surface area contributed by atoms with Crippen molar-refractivity contribution in [3.63, 3.8) is 0 Å². The van der Waals surface area contributed by atoms with Crippen LogP contribution in [0, 0.1) is 10.1 Å². The van der Waals surface area contributed by atoms with Crippen molar-refractivity contribution >= 4 is 11.8 Å². The lowest BCUT2D eigenvalue weighted by molar-refractivity contribution is -0.384. The molecule has 0 radical (unpaired) electrons. The van der Waals surface area contributed by atoms with E-state index >= 15 is 0 Å². The summed E-state index contributed by atoms with van der Waals surface area (Å²) in [4.78, 5) is 21.2. The van der Waals surface area contributed by atoms with Gasteiger partial charge in [0.05, 0.1) is 11.5 Å². The molecule has 0 heterocycles. The summed E-state index contributed by atoms with van der Waals surface area (Å²) in [6, 6.07) is 4.98. The molecule has 0 aromatic heterocycles. The highest BCUT2D eigenvalue weighted by Gasteiger charge is 2.23. The van der Waals surface area contributed by atoms with E-state index in [0.29, 0.717) is 0 Å². The average Bonchev–Trinajstić information content (AvgIpc) is 2.29. The van der Waals surface area contributed by atoms with E-state index in [9.17, 15) is 14.9 Å². The number of aliphatic hydroxyl groups excluding tert-OH is 1. The maximum atomic E-state index is 11.3. The number of carbonyl (C=O) groups excluding carboxylic acids is 1. The van der Waals surface area contributed by atoms with Crippen LogP contribution in [0.25, 0.3) is 0 Å². The predicted molar refractivity (Wildman–Crippen MR) is 61.4 cm³/mol.